The summed E-state index contributed by atoms with van der Waals surface area (Å²) in [6.07, 6.45) is 1.71. The fraction of sp³-hybridized carbons (Fsp3) is 0.400. The summed E-state index contributed by atoms with van der Waals surface area (Å²) in [4.78, 5) is 4.39. The van der Waals surface area contributed by atoms with Crippen molar-refractivity contribution in [1.29, 1.82) is 0 Å². The van der Waals surface area contributed by atoms with Gasteiger partial charge in [0.25, 0.3) is 0 Å². The molecule has 0 aliphatic rings. The van der Waals surface area contributed by atoms with Gasteiger partial charge in [0, 0.05) is 11.4 Å². The van der Waals surface area contributed by atoms with Gasteiger partial charge in [0.05, 0.1) is 12.8 Å². The van der Waals surface area contributed by atoms with Crippen LogP contribution in [0.15, 0.2) is 12.3 Å². The fourth-order valence-corrected chi connectivity index (χ4v) is 1.51. The number of rotatable bonds is 2. The molecule has 0 aromatic carbocycles. The molecular formula is C10H13N3O. The van der Waals surface area contributed by atoms with Gasteiger partial charge in [-0.15, -0.1) is 0 Å². The maximum Gasteiger partial charge on any atom is 0.198 e. The van der Waals surface area contributed by atoms with Crippen molar-refractivity contribution >= 4 is 5.65 Å². The molecule has 0 aliphatic heterocycles. The van der Waals surface area contributed by atoms with Gasteiger partial charge in [0.2, 0.25) is 0 Å². The Labute approximate surface area is 82.5 Å². The summed E-state index contributed by atoms with van der Waals surface area (Å²) in [6.45, 7) is 6.56. The maximum absolute atomic E-state index is 5.42. The predicted molar refractivity (Wildman–Crippen MR) is 53.6 cm³/mol. The summed E-state index contributed by atoms with van der Waals surface area (Å²) >= 11 is 0. The molecule has 2 aromatic rings. The molecule has 4 nitrogen and oxygen atoms in total. The monoisotopic (exact) mass is 191 g/mol. The first-order valence-electron chi connectivity index (χ1n) is 4.67. The first-order chi connectivity index (χ1) is 6.72. The zero-order chi connectivity index (χ0) is 10.1. The summed E-state index contributed by atoms with van der Waals surface area (Å²) in [5, 5.41) is 4.21. The van der Waals surface area contributed by atoms with Crippen LogP contribution >= 0.6 is 0 Å². The molecule has 0 saturated carbocycles. The Hall–Kier alpha value is -1.58. The van der Waals surface area contributed by atoms with E-state index < -0.39 is 0 Å². The second kappa shape index (κ2) is 3.29. The van der Waals surface area contributed by atoms with Crippen molar-refractivity contribution in [2.24, 2.45) is 0 Å². The van der Waals surface area contributed by atoms with E-state index in [-0.39, 0.29) is 0 Å². The number of aromatic nitrogens is 3. The van der Waals surface area contributed by atoms with E-state index in [0.717, 1.165) is 22.8 Å². The van der Waals surface area contributed by atoms with E-state index in [1.807, 2.05) is 26.8 Å². The quantitative estimate of drug-likeness (QED) is 0.725. The molecule has 74 valence electrons. The van der Waals surface area contributed by atoms with Crippen molar-refractivity contribution in [3.63, 3.8) is 0 Å². The van der Waals surface area contributed by atoms with E-state index in [9.17, 15) is 0 Å². The van der Waals surface area contributed by atoms with E-state index in [4.69, 9.17) is 4.74 Å². The van der Waals surface area contributed by atoms with Gasteiger partial charge in [0.1, 0.15) is 0 Å². The standard InChI is InChI=1S/C10H13N3O/c1-4-14-9-6-11-13-8(3)5-7(2)12-10(9)13/h5-6H,4H2,1-3H3. The highest BCUT2D eigenvalue weighted by Gasteiger charge is 2.07. The van der Waals surface area contributed by atoms with Gasteiger partial charge in [-0.05, 0) is 26.8 Å². The van der Waals surface area contributed by atoms with E-state index in [2.05, 4.69) is 10.1 Å². The Morgan fingerprint density at radius 2 is 2.21 bits per heavy atom. The van der Waals surface area contributed by atoms with Crippen LogP contribution in [-0.2, 0) is 0 Å². The van der Waals surface area contributed by atoms with Gasteiger partial charge < -0.3 is 4.74 Å². The summed E-state index contributed by atoms with van der Waals surface area (Å²) < 4.78 is 7.21. The number of aryl methyl sites for hydroxylation is 2. The van der Waals surface area contributed by atoms with Gasteiger partial charge in [-0.1, -0.05) is 0 Å². The zero-order valence-corrected chi connectivity index (χ0v) is 8.61. The van der Waals surface area contributed by atoms with Crippen LogP contribution < -0.4 is 4.74 Å². The van der Waals surface area contributed by atoms with Crippen LogP contribution in [0.5, 0.6) is 5.75 Å². The van der Waals surface area contributed by atoms with Crippen LogP contribution in [-0.4, -0.2) is 21.2 Å². The SMILES string of the molecule is CCOc1cnn2c(C)cc(C)nc12. The van der Waals surface area contributed by atoms with Crippen molar-refractivity contribution in [3.8, 4) is 5.75 Å². The van der Waals surface area contributed by atoms with Crippen molar-refractivity contribution in [3.05, 3.63) is 23.7 Å². The largest absolute Gasteiger partial charge is 0.488 e. The molecule has 4 heteroatoms. The molecule has 0 N–H and O–H groups in total. The fourth-order valence-electron chi connectivity index (χ4n) is 1.51. The number of nitrogens with zero attached hydrogens (tertiary/aromatic N) is 3. The summed E-state index contributed by atoms with van der Waals surface area (Å²) in [5.41, 5.74) is 2.85. The topological polar surface area (TPSA) is 39.4 Å². The van der Waals surface area contributed by atoms with Crippen LogP contribution in [0.1, 0.15) is 18.3 Å². The van der Waals surface area contributed by atoms with Gasteiger partial charge >= 0.3 is 0 Å². The predicted octanol–water partition coefficient (Wildman–Crippen LogP) is 1.74. The first kappa shape index (κ1) is 8.99. The molecule has 0 aliphatic carbocycles. The molecule has 2 aromatic heterocycles. The second-order valence-corrected chi connectivity index (χ2v) is 3.22. The molecule has 0 spiro atoms. The van der Waals surface area contributed by atoms with Gasteiger partial charge in [-0.3, -0.25) is 0 Å². The van der Waals surface area contributed by atoms with Crippen LogP contribution in [0, 0.1) is 13.8 Å². The Kier molecular flexibility index (Phi) is 2.11. The minimum absolute atomic E-state index is 0.635. The summed E-state index contributed by atoms with van der Waals surface area (Å²) in [5.74, 6) is 0.749. The molecule has 0 bridgehead atoms. The third-order valence-electron chi connectivity index (χ3n) is 2.05. The van der Waals surface area contributed by atoms with E-state index >= 15 is 0 Å². The van der Waals surface area contributed by atoms with E-state index in [0.29, 0.717) is 6.61 Å². The lowest BCUT2D eigenvalue weighted by Crippen LogP contribution is -1.98. The lowest BCUT2D eigenvalue weighted by Gasteiger charge is -2.02. The zero-order valence-electron chi connectivity index (χ0n) is 8.61. The van der Waals surface area contributed by atoms with Crippen molar-refractivity contribution in [2.45, 2.75) is 20.8 Å². The lowest BCUT2D eigenvalue weighted by atomic mass is 10.3. The second-order valence-electron chi connectivity index (χ2n) is 3.22. The third kappa shape index (κ3) is 1.32. The van der Waals surface area contributed by atoms with Crippen LogP contribution in [0.25, 0.3) is 5.65 Å². The van der Waals surface area contributed by atoms with Gasteiger partial charge in [0.15, 0.2) is 11.4 Å². The van der Waals surface area contributed by atoms with Gasteiger partial charge in [-0.25, -0.2) is 9.50 Å². The molecule has 0 saturated heterocycles. The summed E-state index contributed by atoms with van der Waals surface area (Å²) in [7, 11) is 0. The normalized spacial score (nSPS) is 10.8. The molecule has 0 atom stereocenters. The Morgan fingerprint density at radius 1 is 1.43 bits per heavy atom. The molecule has 2 heterocycles. The maximum atomic E-state index is 5.42. The van der Waals surface area contributed by atoms with Crippen LogP contribution in [0.4, 0.5) is 0 Å². The van der Waals surface area contributed by atoms with Crippen molar-refractivity contribution in [2.75, 3.05) is 6.61 Å². The molecule has 2 rings (SSSR count). The molecule has 0 unspecified atom stereocenters. The molecule has 0 radical (unpaired) electrons. The number of ether oxygens (including phenoxy) is 1. The average Bonchev–Trinajstić information content (AvgIpc) is 2.49. The van der Waals surface area contributed by atoms with E-state index in [1.165, 1.54) is 0 Å². The number of hydrogen-bond acceptors (Lipinski definition) is 3. The highest BCUT2D eigenvalue weighted by molar-refractivity contribution is 5.53. The molecule has 0 fully saturated rings. The molecular weight excluding hydrogens is 178 g/mol. The number of fused-ring (bicyclic) bond motifs is 1. The minimum Gasteiger partial charge on any atom is -0.488 e. The van der Waals surface area contributed by atoms with Crippen molar-refractivity contribution < 1.29 is 4.74 Å². The average molecular weight is 191 g/mol. The van der Waals surface area contributed by atoms with Crippen LogP contribution in [0.2, 0.25) is 0 Å². The molecule has 14 heavy (non-hydrogen) atoms. The smallest absolute Gasteiger partial charge is 0.198 e. The summed E-state index contributed by atoms with van der Waals surface area (Å²) in [6, 6.07) is 2.00. The molecule has 0 amide bonds. The minimum atomic E-state index is 0.635. The first-order valence-corrected chi connectivity index (χ1v) is 4.67. The Morgan fingerprint density at radius 3 is 2.93 bits per heavy atom. The van der Waals surface area contributed by atoms with Crippen molar-refractivity contribution in [1.82, 2.24) is 14.6 Å². The Bertz CT molecular complexity index is 462. The van der Waals surface area contributed by atoms with Gasteiger partial charge in [-0.2, -0.15) is 5.10 Å². The van der Waals surface area contributed by atoms with E-state index in [1.54, 1.807) is 10.7 Å². The third-order valence-corrected chi connectivity index (χ3v) is 2.05. The number of hydrogen-bond donors (Lipinski definition) is 0. The highest BCUT2D eigenvalue weighted by Crippen LogP contribution is 2.18. The lowest BCUT2D eigenvalue weighted by molar-refractivity contribution is 0.343. The Balaban J connectivity index is 2.66. The van der Waals surface area contributed by atoms with Crippen LogP contribution in [0.3, 0.4) is 0 Å². The highest BCUT2D eigenvalue weighted by atomic mass is 16.5.